The Hall–Kier alpha value is -1.59. The molecule has 0 aliphatic heterocycles. The second-order valence-corrected chi connectivity index (χ2v) is 6.57. The van der Waals surface area contributed by atoms with Crippen LogP contribution in [-0.2, 0) is 4.79 Å². The van der Waals surface area contributed by atoms with Crippen molar-refractivity contribution in [3.63, 3.8) is 0 Å². The first-order chi connectivity index (χ1) is 10.4. The van der Waals surface area contributed by atoms with Crippen LogP contribution in [0.2, 0.25) is 0 Å². The van der Waals surface area contributed by atoms with Crippen LogP contribution in [0.25, 0.3) is 0 Å². The number of nitrogens with one attached hydrogen (secondary N) is 2. The smallest absolute Gasteiger partial charge is 0.251 e. The molecule has 1 fully saturated rings. The lowest BCUT2D eigenvalue weighted by molar-refractivity contribution is -0.117. The van der Waals surface area contributed by atoms with Crippen molar-refractivity contribution >= 4 is 29.9 Å². The highest BCUT2D eigenvalue weighted by Crippen LogP contribution is 2.30. The minimum atomic E-state index is -0.435. The van der Waals surface area contributed by atoms with Gasteiger partial charge in [-0.05, 0) is 49.9 Å². The fraction of sp³-hybridized carbons (Fsp3) is 0.529. The fourth-order valence-corrected chi connectivity index (χ4v) is 2.06. The molecule has 1 aromatic carbocycles. The van der Waals surface area contributed by atoms with Gasteiger partial charge in [-0.15, -0.1) is 12.4 Å². The van der Waals surface area contributed by atoms with Gasteiger partial charge in [0.1, 0.15) is 0 Å². The molecular weight excluding hydrogens is 314 g/mol. The van der Waals surface area contributed by atoms with E-state index in [1.807, 2.05) is 20.8 Å². The van der Waals surface area contributed by atoms with Crippen molar-refractivity contribution in [1.29, 1.82) is 0 Å². The molecule has 128 valence electrons. The van der Waals surface area contributed by atoms with E-state index in [0.717, 1.165) is 18.5 Å². The SMILES string of the molecule is CC(C)C(C)(CN)NC(=O)c1ccc(NC(=O)C2CC2)cc1.Cl. The van der Waals surface area contributed by atoms with E-state index in [9.17, 15) is 9.59 Å². The Morgan fingerprint density at radius 1 is 1.26 bits per heavy atom. The first kappa shape index (κ1) is 19.5. The van der Waals surface area contributed by atoms with Gasteiger partial charge in [0, 0.05) is 23.7 Å². The predicted octanol–water partition coefficient (Wildman–Crippen LogP) is 2.56. The molecule has 1 aliphatic rings. The van der Waals surface area contributed by atoms with E-state index in [4.69, 9.17) is 5.73 Å². The number of benzene rings is 1. The normalized spacial score (nSPS) is 16.2. The third kappa shape index (κ3) is 4.94. The van der Waals surface area contributed by atoms with E-state index < -0.39 is 5.54 Å². The quantitative estimate of drug-likeness (QED) is 0.744. The van der Waals surface area contributed by atoms with Crippen molar-refractivity contribution in [3.05, 3.63) is 29.8 Å². The van der Waals surface area contributed by atoms with Gasteiger partial charge >= 0.3 is 0 Å². The Balaban J connectivity index is 0.00000264. The number of rotatable bonds is 6. The fourth-order valence-electron chi connectivity index (χ4n) is 2.06. The second-order valence-electron chi connectivity index (χ2n) is 6.57. The minimum Gasteiger partial charge on any atom is -0.345 e. The number of carbonyl (C=O) groups is 2. The van der Waals surface area contributed by atoms with Crippen LogP contribution in [0.5, 0.6) is 0 Å². The highest BCUT2D eigenvalue weighted by Gasteiger charge is 2.30. The number of halogens is 1. The van der Waals surface area contributed by atoms with Crippen molar-refractivity contribution in [2.24, 2.45) is 17.6 Å². The topological polar surface area (TPSA) is 84.2 Å². The standard InChI is InChI=1S/C17H25N3O2.ClH/c1-11(2)17(3,10-18)20-16(22)13-6-8-14(9-7-13)19-15(21)12-4-5-12;/h6-9,11-12H,4-5,10,18H2,1-3H3,(H,19,21)(H,20,22);1H. The summed E-state index contributed by atoms with van der Waals surface area (Å²) in [6.45, 7) is 6.39. The van der Waals surface area contributed by atoms with E-state index in [1.165, 1.54) is 0 Å². The first-order valence-electron chi connectivity index (χ1n) is 7.79. The zero-order valence-electron chi connectivity index (χ0n) is 13.9. The van der Waals surface area contributed by atoms with Crippen LogP contribution < -0.4 is 16.4 Å². The molecule has 0 saturated heterocycles. The van der Waals surface area contributed by atoms with Gasteiger partial charge < -0.3 is 16.4 Å². The predicted molar refractivity (Wildman–Crippen MR) is 94.8 cm³/mol. The van der Waals surface area contributed by atoms with Gasteiger partial charge in [0.05, 0.1) is 5.54 Å². The van der Waals surface area contributed by atoms with Crippen LogP contribution in [0.15, 0.2) is 24.3 Å². The Morgan fingerprint density at radius 3 is 2.26 bits per heavy atom. The summed E-state index contributed by atoms with van der Waals surface area (Å²) in [6, 6.07) is 6.94. The Labute approximate surface area is 143 Å². The minimum absolute atomic E-state index is 0. The number of hydrogen-bond acceptors (Lipinski definition) is 3. The van der Waals surface area contributed by atoms with Gasteiger partial charge in [0.25, 0.3) is 5.91 Å². The molecule has 6 heteroatoms. The van der Waals surface area contributed by atoms with Gasteiger partial charge in [-0.1, -0.05) is 13.8 Å². The summed E-state index contributed by atoms with van der Waals surface area (Å²) in [5.74, 6) is 0.312. The summed E-state index contributed by atoms with van der Waals surface area (Å²) in [7, 11) is 0. The van der Waals surface area contributed by atoms with Gasteiger partial charge in [-0.3, -0.25) is 9.59 Å². The maximum Gasteiger partial charge on any atom is 0.251 e. The summed E-state index contributed by atoms with van der Waals surface area (Å²) < 4.78 is 0. The molecule has 0 bridgehead atoms. The third-order valence-electron chi connectivity index (χ3n) is 4.46. The highest BCUT2D eigenvalue weighted by atomic mass is 35.5. The first-order valence-corrected chi connectivity index (χ1v) is 7.79. The number of anilines is 1. The van der Waals surface area contributed by atoms with Crippen molar-refractivity contribution in [2.75, 3.05) is 11.9 Å². The number of amides is 2. The molecule has 2 amide bonds. The Morgan fingerprint density at radius 2 is 1.83 bits per heavy atom. The van der Waals surface area contributed by atoms with Crippen LogP contribution in [0.1, 0.15) is 44.0 Å². The maximum atomic E-state index is 12.3. The molecule has 1 aromatic rings. The molecule has 2 rings (SSSR count). The number of hydrogen-bond donors (Lipinski definition) is 3. The molecule has 23 heavy (non-hydrogen) atoms. The number of carbonyl (C=O) groups excluding carboxylic acids is 2. The Kier molecular flexibility index (Phi) is 6.59. The molecular formula is C17H26ClN3O2. The highest BCUT2D eigenvalue weighted by molar-refractivity contribution is 5.97. The summed E-state index contributed by atoms with van der Waals surface area (Å²) in [5, 5.41) is 5.85. The second kappa shape index (κ2) is 7.79. The monoisotopic (exact) mass is 339 g/mol. The third-order valence-corrected chi connectivity index (χ3v) is 4.46. The molecule has 0 aromatic heterocycles. The summed E-state index contributed by atoms with van der Waals surface area (Å²) in [5.41, 5.74) is 6.63. The van der Waals surface area contributed by atoms with Crippen molar-refractivity contribution < 1.29 is 9.59 Å². The lowest BCUT2D eigenvalue weighted by Crippen LogP contribution is -2.55. The Bertz CT molecular complexity index is 555. The largest absolute Gasteiger partial charge is 0.345 e. The molecule has 0 radical (unpaired) electrons. The van der Waals surface area contributed by atoms with Gasteiger partial charge in [0.2, 0.25) is 5.91 Å². The number of nitrogens with two attached hydrogens (primary N) is 1. The van der Waals surface area contributed by atoms with Crippen LogP contribution in [0.4, 0.5) is 5.69 Å². The van der Waals surface area contributed by atoms with Crippen molar-refractivity contribution in [1.82, 2.24) is 5.32 Å². The van der Waals surface area contributed by atoms with Crippen LogP contribution >= 0.6 is 12.4 Å². The average molecular weight is 340 g/mol. The summed E-state index contributed by atoms with van der Waals surface area (Å²) in [6.07, 6.45) is 1.94. The molecule has 0 spiro atoms. The van der Waals surface area contributed by atoms with E-state index in [1.54, 1.807) is 24.3 Å². The van der Waals surface area contributed by atoms with Crippen LogP contribution in [0.3, 0.4) is 0 Å². The van der Waals surface area contributed by atoms with Gasteiger partial charge in [-0.2, -0.15) is 0 Å². The van der Waals surface area contributed by atoms with Crippen molar-refractivity contribution in [2.45, 2.75) is 39.2 Å². The van der Waals surface area contributed by atoms with Gasteiger partial charge in [0.15, 0.2) is 0 Å². The van der Waals surface area contributed by atoms with Crippen molar-refractivity contribution in [3.8, 4) is 0 Å². The molecule has 1 aliphatic carbocycles. The molecule has 4 N–H and O–H groups in total. The maximum absolute atomic E-state index is 12.3. The molecule has 0 heterocycles. The van der Waals surface area contributed by atoms with Crippen LogP contribution in [0, 0.1) is 11.8 Å². The van der Waals surface area contributed by atoms with E-state index in [2.05, 4.69) is 10.6 Å². The van der Waals surface area contributed by atoms with E-state index in [-0.39, 0.29) is 36.1 Å². The summed E-state index contributed by atoms with van der Waals surface area (Å²) in [4.78, 5) is 24.0. The average Bonchev–Trinajstić information content (AvgIpc) is 3.32. The molecule has 1 unspecified atom stereocenters. The zero-order chi connectivity index (χ0) is 16.3. The lowest BCUT2D eigenvalue weighted by Gasteiger charge is -2.33. The molecule has 1 atom stereocenters. The van der Waals surface area contributed by atoms with Crippen LogP contribution in [-0.4, -0.2) is 23.9 Å². The van der Waals surface area contributed by atoms with E-state index >= 15 is 0 Å². The van der Waals surface area contributed by atoms with E-state index in [0.29, 0.717) is 12.1 Å². The summed E-state index contributed by atoms with van der Waals surface area (Å²) >= 11 is 0. The molecule has 1 saturated carbocycles. The molecule has 5 nitrogen and oxygen atoms in total. The zero-order valence-corrected chi connectivity index (χ0v) is 14.7. The van der Waals surface area contributed by atoms with Gasteiger partial charge in [-0.25, -0.2) is 0 Å². The lowest BCUT2D eigenvalue weighted by atomic mass is 9.88.